The number of carbonyl (C=O) groups is 2. The summed E-state index contributed by atoms with van der Waals surface area (Å²) in [7, 11) is 3.27. The topological polar surface area (TPSA) is 65.5 Å². The van der Waals surface area contributed by atoms with Crippen LogP contribution in [0.25, 0.3) is 0 Å². The molecule has 2 saturated heterocycles. The highest BCUT2D eigenvalue weighted by Crippen LogP contribution is 2.31. The lowest BCUT2D eigenvalue weighted by molar-refractivity contribution is -0.136. The summed E-state index contributed by atoms with van der Waals surface area (Å²) >= 11 is 18.9. The number of nitrogens with zero attached hydrogens (tertiary/aromatic N) is 4. The Hall–Kier alpha value is -2.32. The molecule has 2 fully saturated rings. The zero-order valence-electron chi connectivity index (χ0n) is 24.0. The fraction of sp³-hybridized carbons (Fsp3) is 0.516. The third kappa shape index (κ3) is 8.38. The normalized spacial score (nSPS) is 18.0. The van der Waals surface area contributed by atoms with E-state index in [1.54, 1.807) is 24.1 Å². The van der Waals surface area contributed by atoms with Crippen molar-refractivity contribution >= 4 is 52.3 Å². The molecule has 0 aliphatic carbocycles. The Morgan fingerprint density at radius 3 is 2.49 bits per heavy atom. The quantitative estimate of drug-likeness (QED) is 0.219. The maximum Gasteiger partial charge on any atom is 0.253 e. The van der Waals surface area contributed by atoms with E-state index in [0.29, 0.717) is 44.7 Å². The minimum Gasteiger partial charge on any atom is -0.399 e. The second-order valence-corrected chi connectivity index (χ2v) is 12.3. The number of piperidine rings is 2. The third-order valence-corrected chi connectivity index (χ3v) is 9.04. The van der Waals surface area contributed by atoms with Crippen molar-refractivity contribution in [3.8, 4) is 0 Å². The molecule has 0 N–H and O–H groups in total. The fourth-order valence-corrected chi connectivity index (χ4v) is 6.55. The highest BCUT2D eigenvalue weighted by atomic mass is 35.5. The van der Waals surface area contributed by atoms with Crippen molar-refractivity contribution in [3.63, 3.8) is 0 Å². The van der Waals surface area contributed by atoms with E-state index >= 15 is 0 Å². The van der Waals surface area contributed by atoms with Crippen LogP contribution in [0.1, 0.15) is 65.9 Å². The van der Waals surface area contributed by atoms with Gasteiger partial charge >= 0.3 is 0 Å². The Bertz CT molecular complexity index is 1240. The predicted octanol–water partition coefficient (Wildman–Crippen LogP) is 6.68. The van der Waals surface area contributed by atoms with E-state index in [-0.39, 0.29) is 18.4 Å². The maximum atomic E-state index is 13.3. The van der Waals surface area contributed by atoms with E-state index in [2.05, 4.69) is 15.0 Å². The van der Waals surface area contributed by atoms with Crippen molar-refractivity contribution in [2.24, 2.45) is 5.16 Å². The van der Waals surface area contributed by atoms with Crippen molar-refractivity contribution in [1.29, 1.82) is 0 Å². The molecule has 2 aliphatic rings. The molecule has 1 atom stereocenters. The van der Waals surface area contributed by atoms with Crippen LogP contribution in [-0.2, 0) is 9.63 Å². The summed E-state index contributed by atoms with van der Waals surface area (Å²) in [6.07, 6.45) is 5.52. The first-order valence-corrected chi connectivity index (χ1v) is 15.4. The highest BCUT2D eigenvalue weighted by molar-refractivity contribution is 6.42. The van der Waals surface area contributed by atoms with E-state index in [9.17, 15) is 9.59 Å². The lowest BCUT2D eigenvalue weighted by Crippen LogP contribution is -2.49. The van der Waals surface area contributed by atoms with Crippen molar-refractivity contribution in [2.75, 3.05) is 46.9 Å². The number of amides is 2. The lowest BCUT2D eigenvalue weighted by atomic mass is 9.89. The molecule has 2 aliphatic heterocycles. The highest BCUT2D eigenvalue weighted by Gasteiger charge is 2.30. The van der Waals surface area contributed by atoms with E-state index in [0.717, 1.165) is 69.4 Å². The minimum atomic E-state index is -0.151. The molecule has 41 heavy (non-hydrogen) atoms. The van der Waals surface area contributed by atoms with Gasteiger partial charge in [0.2, 0.25) is 5.91 Å². The average molecular weight is 622 g/mol. The van der Waals surface area contributed by atoms with Gasteiger partial charge in [-0.1, -0.05) is 46.0 Å². The summed E-state index contributed by atoms with van der Waals surface area (Å²) < 4.78 is 0. The number of oxime groups is 1. The first-order valence-electron chi connectivity index (χ1n) is 14.3. The van der Waals surface area contributed by atoms with Crippen molar-refractivity contribution in [3.05, 3.63) is 68.2 Å². The first kappa shape index (κ1) is 31.6. The summed E-state index contributed by atoms with van der Waals surface area (Å²) in [5, 5.41) is 5.88. The maximum absolute atomic E-state index is 13.3. The third-order valence-electron chi connectivity index (χ3n) is 8.08. The van der Waals surface area contributed by atoms with Gasteiger partial charge in [0.15, 0.2) is 0 Å². The second kappa shape index (κ2) is 14.7. The van der Waals surface area contributed by atoms with Gasteiger partial charge in [0.25, 0.3) is 5.91 Å². The second-order valence-electron chi connectivity index (χ2n) is 11.1. The van der Waals surface area contributed by atoms with Crippen LogP contribution in [0.2, 0.25) is 15.1 Å². The zero-order valence-corrected chi connectivity index (χ0v) is 26.3. The van der Waals surface area contributed by atoms with Crippen LogP contribution in [-0.4, -0.2) is 85.1 Å². The van der Waals surface area contributed by atoms with E-state index in [1.807, 2.05) is 31.2 Å². The Morgan fingerprint density at radius 2 is 1.83 bits per heavy atom. The largest absolute Gasteiger partial charge is 0.399 e. The van der Waals surface area contributed by atoms with E-state index in [1.165, 1.54) is 7.11 Å². The summed E-state index contributed by atoms with van der Waals surface area (Å²) in [5.41, 5.74) is 3.12. The minimum absolute atomic E-state index is 0.151. The van der Waals surface area contributed by atoms with Crippen molar-refractivity contribution in [1.82, 2.24) is 14.7 Å². The molecular weight excluding hydrogens is 583 g/mol. The molecule has 7 nitrogen and oxygen atoms in total. The van der Waals surface area contributed by atoms with Crippen LogP contribution in [0.15, 0.2) is 41.6 Å². The molecule has 2 amide bonds. The molecule has 1 unspecified atom stereocenters. The van der Waals surface area contributed by atoms with Gasteiger partial charge in [0.05, 0.1) is 22.3 Å². The SMILES string of the molecule is CON=C(CN(C)C(=O)c1cc(C)cc(Cl)c1)C(CCN1CCC(N2CCCCC2=O)CC1)c1ccc(Cl)c(Cl)c1. The standard InChI is InChI=1S/C31H39Cl3N4O3/c1-21-16-23(18-24(32)17-21)31(40)36(2)20-29(35-41-3)26(22-7-8-27(33)28(34)19-22)11-15-37-13-9-25(10-14-37)38-12-5-4-6-30(38)39/h7-8,16-19,25-26H,4-6,9-15,20H2,1-3H3. The molecule has 0 radical (unpaired) electrons. The number of carbonyl (C=O) groups excluding carboxylic acids is 2. The Labute approximate surface area is 258 Å². The molecule has 0 spiro atoms. The average Bonchev–Trinajstić information content (AvgIpc) is 2.94. The summed E-state index contributed by atoms with van der Waals surface area (Å²) in [5.74, 6) is 0.00508. The predicted molar refractivity (Wildman–Crippen MR) is 166 cm³/mol. The number of rotatable bonds is 10. The molecular formula is C31H39Cl3N4O3. The summed E-state index contributed by atoms with van der Waals surface area (Å²) in [6, 6.07) is 11.3. The number of aryl methyl sites for hydroxylation is 1. The van der Waals surface area contributed by atoms with Crippen LogP contribution in [0.5, 0.6) is 0 Å². The van der Waals surface area contributed by atoms with Gasteiger partial charge in [-0.2, -0.15) is 0 Å². The van der Waals surface area contributed by atoms with Crippen LogP contribution < -0.4 is 0 Å². The summed E-state index contributed by atoms with van der Waals surface area (Å²) in [6.45, 7) is 5.77. The monoisotopic (exact) mass is 620 g/mol. The number of benzene rings is 2. The van der Waals surface area contributed by atoms with Crippen molar-refractivity contribution in [2.45, 2.75) is 57.4 Å². The van der Waals surface area contributed by atoms with E-state index in [4.69, 9.17) is 39.6 Å². The molecule has 2 heterocycles. The number of hydrogen-bond acceptors (Lipinski definition) is 5. The summed E-state index contributed by atoms with van der Waals surface area (Å²) in [4.78, 5) is 37.2. The fourth-order valence-electron chi connectivity index (χ4n) is 5.95. The molecule has 222 valence electrons. The van der Waals surface area contributed by atoms with Crippen LogP contribution >= 0.6 is 34.8 Å². The first-order chi connectivity index (χ1) is 19.7. The van der Waals surface area contributed by atoms with Gasteiger partial charge in [0.1, 0.15) is 7.11 Å². The molecule has 0 bridgehead atoms. The van der Waals surface area contributed by atoms with Crippen LogP contribution in [0.4, 0.5) is 0 Å². The molecule has 2 aromatic carbocycles. The number of halogens is 3. The Kier molecular flexibility index (Phi) is 11.4. The van der Waals surface area contributed by atoms with Gasteiger partial charge < -0.3 is 19.5 Å². The van der Waals surface area contributed by atoms with Gasteiger partial charge in [-0.3, -0.25) is 9.59 Å². The van der Waals surface area contributed by atoms with E-state index < -0.39 is 0 Å². The lowest BCUT2D eigenvalue weighted by Gasteiger charge is -2.40. The smallest absolute Gasteiger partial charge is 0.253 e. The molecule has 0 saturated carbocycles. The van der Waals surface area contributed by atoms with Gasteiger partial charge in [0, 0.05) is 55.6 Å². The van der Waals surface area contributed by atoms with Crippen LogP contribution in [0.3, 0.4) is 0 Å². The number of hydrogen-bond donors (Lipinski definition) is 0. The molecule has 0 aromatic heterocycles. The van der Waals surface area contributed by atoms with Gasteiger partial charge in [-0.15, -0.1) is 0 Å². The Morgan fingerprint density at radius 1 is 1.07 bits per heavy atom. The zero-order chi connectivity index (χ0) is 29.5. The van der Waals surface area contributed by atoms with Crippen LogP contribution in [0, 0.1) is 6.92 Å². The Balaban J connectivity index is 1.48. The number of likely N-dealkylation sites (tertiary alicyclic amines) is 2. The molecule has 2 aromatic rings. The molecule has 4 rings (SSSR count). The van der Waals surface area contributed by atoms with Gasteiger partial charge in [-0.25, -0.2) is 0 Å². The molecule has 10 heteroatoms. The van der Waals surface area contributed by atoms with Gasteiger partial charge in [-0.05, 0) is 87.0 Å². The van der Waals surface area contributed by atoms with Crippen molar-refractivity contribution < 1.29 is 14.4 Å².